The molecule has 0 bridgehead atoms. The molecule has 3 aromatic rings. The molecule has 0 atom stereocenters. The Hall–Kier alpha value is -2.67. The normalized spacial score (nSPS) is 10.7. The lowest BCUT2D eigenvalue weighted by Gasteiger charge is -2.09. The second-order valence-electron chi connectivity index (χ2n) is 5.66. The highest BCUT2D eigenvalue weighted by Crippen LogP contribution is 2.25. The number of nitrogens with zero attached hydrogens (tertiary/aromatic N) is 2. The number of hydrogen-bond acceptors (Lipinski definition) is 5. The lowest BCUT2D eigenvalue weighted by Crippen LogP contribution is -2.26. The number of benzene rings is 2. The van der Waals surface area contributed by atoms with Crippen molar-refractivity contribution in [2.24, 2.45) is 0 Å². The molecule has 0 aliphatic heterocycles. The number of carbonyl (C=O) groups is 1. The van der Waals surface area contributed by atoms with Gasteiger partial charge in [0.1, 0.15) is 5.82 Å². The summed E-state index contributed by atoms with van der Waals surface area (Å²) in [7, 11) is 0. The Labute approximate surface area is 155 Å². The van der Waals surface area contributed by atoms with Crippen LogP contribution in [0.5, 0.6) is 0 Å². The van der Waals surface area contributed by atoms with E-state index in [0.717, 1.165) is 10.5 Å². The number of aromatic nitrogens is 2. The van der Waals surface area contributed by atoms with Crippen LogP contribution >= 0.6 is 11.8 Å². The van der Waals surface area contributed by atoms with Gasteiger partial charge in [0.15, 0.2) is 5.82 Å². The summed E-state index contributed by atoms with van der Waals surface area (Å²) in [6.45, 7) is 2.20. The van der Waals surface area contributed by atoms with Crippen LogP contribution in [-0.4, -0.2) is 22.6 Å². The Kier molecular flexibility index (Phi) is 6.01. The molecule has 0 radical (unpaired) electrons. The Bertz CT molecular complexity index is 898. The summed E-state index contributed by atoms with van der Waals surface area (Å²) >= 11 is 1.47. The minimum atomic E-state index is -0.271. The number of amides is 1. The summed E-state index contributed by atoms with van der Waals surface area (Å²) in [5, 5.41) is 6.64. The molecule has 3 rings (SSSR count). The third-order valence-electron chi connectivity index (χ3n) is 3.64. The molecule has 1 heterocycles. The summed E-state index contributed by atoms with van der Waals surface area (Å²) in [5.74, 6) is 1.17. The van der Waals surface area contributed by atoms with Crippen LogP contribution in [0, 0.1) is 12.7 Å². The van der Waals surface area contributed by atoms with E-state index < -0.39 is 0 Å². The number of halogens is 1. The quantitative estimate of drug-likeness (QED) is 0.640. The largest absolute Gasteiger partial charge is 0.352 e. The molecule has 5 nitrogen and oxygen atoms in total. The van der Waals surface area contributed by atoms with E-state index in [-0.39, 0.29) is 11.7 Å². The van der Waals surface area contributed by atoms with Crippen LogP contribution in [0.2, 0.25) is 0 Å². The Morgan fingerprint density at radius 1 is 1.23 bits per heavy atom. The lowest BCUT2D eigenvalue weighted by molar-refractivity contribution is 0.0951. The highest BCUT2D eigenvalue weighted by molar-refractivity contribution is 7.98. The van der Waals surface area contributed by atoms with Crippen molar-refractivity contribution in [2.45, 2.75) is 24.0 Å². The molecule has 7 heteroatoms. The molecule has 1 aromatic heterocycles. The molecule has 0 unspecified atom stereocenters. The van der Waals surface area contributed by atoms with Crippen molar-refractivity contribution >= 4 is 17.7 Å². The van der Waals surface area contributed by atoms with Gasteiger partial charge in [0.05, 0.1) is 11.3 Å². The molecule has 0 aliphatic rings. The molecule has 1 amide bonds. The summed E-state index contributed by atoms with van der Waals surface area (Å²) in [6.07, 6.45) is 0.570. The SMILES string of the molecule is Cc1noc(CSc2ccccc2C(=O)NCCc2cccc(F)c2)n1. The molecule has 1 N–H and O–H groups in total. The molecule has 0 saturated heterocycles. The van der Waals surface area contributed by atoms with Gasteiger partial charge in [-0.1, -0.05) is 29.4 Å². The van der Waals surface area contributed by atoms with Gasteiger partial charge in [-0.2, -0.15) is 4.98 Å². The van der Waals surface area contributed by atoms with E-state index in [1.807, 2.05) is 24.3 Å². The summed E-state index contributed by atoms with van der Waals surface area (Å²) in [5.41, 5.74) is 1.44. The van der Waals surface area contributed by atoms with Gasteiger partial charge in [0.25, 0.3) is 5.91 Å². The second-order valence-corrected chi connectivity index (χ2v) is 6.67. The lowest BCUT2D eigenvalue weighted by atomic mass is 10.1. The molecule has 0 saturated carbocycles. The van der Waals surface area contributed by atoms with Gasteiger partial charge in [-0.3, -0.25) is 4.79 Å². The topological polar surface area (TPSA) is 68.0 Å². The Morgan fingerprint density at radius 2 is 2.08 bits per heavy atom. The van der Waals surface area contributed by atoms with E-state index in [0.29, 0.717) is 36.0 Å². The monoisotopic (exact) mass is 371 g/mol. The van der Waals surface area contributed by atoms with Crippen molar-refractivity contribution < 1.29 is 13.7 Å². The maximum absolute atomic E-state index is 13.2. The molecular formula is C19H18FN3O2S. The zero-order valence-electron chi connectivity index (χ0n) is 14.2. The van der Waals surface area contributed by atoms with Gasteiger partial charge in [0, 0.05) is 11.4 Å². The number of hydrogen-bond donors (Lipinski definition) is 1. The van der Waals surface area contributed by atoms with E-state index in [1.165, 1.54) is 23.9 Å². The predicted octanol–water partition coefficient (Wildman–Crippen LogP) is 3.78. The summed E-state index contributed by atoms with van der Waals surface area (Å²) in [6, 6.07) is 13.7. The maximum Gasteiger partial charge on any atom is 0.252 e. The van der Waals surface area contributed by atoms with E-state index in [2.05, 4.69) is 15.5 Å². The van der Waals surface area contributed by atoms with E-state index in [4.69, 9.17) is 4.52 Å². The fraction of sp³-hybridized carbons (Fsp3) is 0.211. The molecular weight excluding hydrogens is 353 g/mol. The number of rotatable bonds is 7. The minimum absolute atomic E-state index is 0.161. The first-order valence-electron chi connectivity index (χ1n) is 8.15. The van der Waals surface area contributed by atoms with Crippen LogP contribution < -0.4 is 5.32 Å². The highest BCUT2D eigenvalue weighted by atomic mass is 32.2. The van der Waals surface area contributed by atoms with Crippen LogP contribution in [0.1, 0.15) is 27.6 Å². The zero-order valence-corrected chi connectivity index (χ0v) is 15.1. The van der Waals surface area contributed by atoms with Gasteiger partial charge in [0.2, 0.25) is 5.89 Å². The van der Waals surface area contributed by atoms with Crippen molar-refractivity contribution in [3.05, 3.63) is 77.2 Å². The molecule has 0 spiro atoms. The van der Waals surface area contributed by atoms with Crippen LogP contribution in [0.4, 0.5) is 4.39 Å². The average molecular weight is 371 g/mol. The van der Waals surface area contributed by atoms with E-state index in [1.54, 1.807) is 19.1 Å². The highest BCUT2D eigenvalue weighted by Gasteiger charge is 2.12. The standard InChI is InChI=1S/C19H18FN3O2S/c1-13-22-18(25-23-13)12-26-17-8-3-2-7-16(17)19(24)21-10-9-14-5-4-6-15(20)11-14/h2-8,11H,9-10,12H2,1H3,(H,21,24). The second kappa shape index (κ2) is 8.62. The molecule has 0 fully saturated rings. The van der Waals surface area contributed by atoms with Crippen LogP contribution in [-0.2, 0) is 12.2 Å². The van der Waals surface area contributed by atoms with E-state index in [9.17, 15) is 9.18 Å². The van der Waals surface area contributed by atoms with Crippen molar-refractivity contribution in [1.82, 2.24) is 15.5 Å². The summed E-state index contributed by atoms with van der Waals surface area (Å²) < 4.78 is 18.3. The average Bonchev–Trinajstić information content (AvgIpc) is 3.05. The fourth-order valence-electron chi connectivity index (χ4n) is 2.43. The smallest absolute Gasteiger partial charge is 0.252 e. The number of carbonyl (C=O) groups excluding carboxylic acids is 1. The predicted molar refractivity (Wildman–Crippen MR) is 97.5 cm³/mol. The number of thioether (sulfide) groups is 1. The van der Waals surface area contributed by atoms with Crippen molar-refractivity contribution in [3.63, 3.8) is 0 Å². The number of nitrogens with one attached hydrogen (secondary N) is 1. The van der Waals surface area contributed by atoms with Crippen molar-refractivity contribution in [1.29, 1.82) is 0 Å². The summed E-state index contributed by atoms with van der Waals surface area (Å²) in [4.78, 5) is 17.5. The Morgan fingerprint density at radius 3 is 2.85 bits per heavy atom. The van der Waals surface area contributed by atoms with Crippen molar-refractivity contribution in [2.75, 3.05) is 6.54 Å². The first-order chi connectivity index (χ1) is 12.6. The third kappa shape index (κ3) is 4.92. The number of aryl methyl sites for hydroxylation is 1. The van der Waals surface area contributed by atoms with E-state index >= 15 is 0 Å². The van der Waals surface area contributed by atoms with Gasteiger partial charge < -0.3 is 9.84 Å². The molecule has 134 valence electrons. The van der Waals surface area contributed by atoms with Gasteiger partial charge in [-0.15, -0.1) is 11.8 Å². The van der Waals surface area contributed by atoms with Gasteiger partial charge in [-0.25, -0.2) is 4.39 Å². The molecule has 26 heavy (non-hydrogen) atoms. The van der Waals surface area contributed by atoms with Crippen LogP contribution in [0.25, 0.3) is 0 Å². The molecule has 0 aliphatic carbocycles. The van der Waals surface area contributed by atoms with Crippen molar-refractivity contribution in [3.8, 4) is 0 Å². The minimum Gasteiger partial charge on any atom is -0.352 e. The fourth-order valence-corrected chi connectivity index (χ4v) is 3.31. The van der Waals surface area contributed by atoms with Crippen LogP contribution in [0.15, 0.2) is 57.9 Å². The first kappa shape index (κ1) is 18.1. The Balaban J connectivity index is 1.58. The van der Waals surface area contributed by atoms with Gasteiger partial charge >= 0.3 is 0 Å². The maximum atomic E-state index is 13.2. The zero-order chi connectivity index (χ0) is 18.4. The first-order valence-corrected chi connectivity index (χ1v) is 9.14. The van der Waals surface area contributed by atoms with Gasteiger partial charge in [-0.05, 0) is 43.2 Å². The molecule has 2 aromatic carbocycles. The van der Waals surface area contributed by atoms with Crippen LogP contribution in [0.3, 0.4) is 0 Å². The third-order valence-corrected chi connectivity index (χ3v) is 4.70.